The van der Waals surface area contributed by atoms with Gasteiger partial charge in [-0.2, -0.15) is 5.10 Å². The van der Waals surface area contributed by atoms with Crippen LogP contribution in [0, 0.1) is 12.8 Å². The first-order valence-electron chi connectivity index (χ1n) is 7.65. The molecule has 106 valence electrons. The molecule has 0 spiro atoms. The van der Waals surface area contributed by atoms with Crippen molar-refractivity contribution in [2.75, 3.05) is 19.6 Å². The van der Waals surface area contributed by atoms with E-state index in [-0.39, 0.29) is 0 Å². The third kappa shape index (κ3) is 3.37. The van der Waals surface area contributed by atoms with Crippen molar-refractivity contribution in [2.24, 2.45) is 13.0 Å². The molecule has 1 saturated heterocycles. The quantitative estimate of drug-likeness (QED) is 0.847. The van der Waals surface area contributed by atoms with Gasteiger partial charge in [0.15, 0.2) is 0 Å². The first-order chi connectivity index (χ1) is 9.22. The number of rotatable bonds is 6. The molecule has 0 bridgehead atoms. The molecule has 1 atom stereocenters. The highest BCUT2D eigenvalue weighted by molar-refractivity contribution is 5.15. The van der Waals surface area contributed by atoms with Crippen molar-refractivity contribution >= 4 is 0 Å². The molecule has 2 heterocycles. The van der Waals surface area contributed by atoms with Gasteiger partial charge in [0.1, 0.15) is 0 Å². The average Bonchev–Trinajstić information content (AvgIpc) is 2.96. The Morgan fingerprint density at radius 2 is 2.21 bits per heavy atom. The van der Waals surface area contributed by atoms with Crippen molar-refractivity contribution < 1.29 is 0 Å². The second-order valence-corrected chi connectivity index (χ2v) is 6.31. The number of nitrogens with one attached hydrogen (secondary N) is 1. The molecule has 4 nitrogen and oxygen atoms in total. The van der Waals surface area contributed by atoms with Gasteiger partial charge in [-0.15, -0.1) is 0 Å². The van der Waals surface area contributed by atoms with Crippen LogP contribution < -0.4 is 5.32 Å². The van der Waals surface area contributed by atoms with Gasteiger partial charge in [-0.25, -0.2) is 0 Å². The third-order valence-corrected chi connectivity index (χ3v) is 4.59. The van der Waals surface area contributed by atoms with Crippen molar-refractivity contribution in [3.05, 3.63) is 17.5 Å². The molecule has 2 aliphatic rings. The number of aryl methyl sites for hydroxylation is 1. The molecule has 1 aromatic heterocycles. The van der Waals surface area contributed by atoms with E-state index >= 15 is 0 Å². The van der Waals surface area contributed by atoms with E-state index in [2.05, 4.69) is 22.2 Å². The fourth-order valence-electron chi connectivity index (χ4n) is 3.03. The molecule has 1 unspecified atom stereocenters. The van der Waals surface area contributed by atoms with Crippen molar-refractivity contribution in [1.82, 2.24) is 20.0 Å². The van der Waals surface area contributed by atoms with Crippen LogP contribution in [-0.2, 0) is 13.6 Å². The zero-order valence-corrected chi connectivity index (χ0v) is 12.2. The number of aromatic nitrogens is 2. The van der Waals surface area contributed by atoms with Crippen molar-refractivity contribution in [3.63, 3.8) is 0 Å². The summed E-state index contributed by atoms with van der Waals surface area (Å²) in [6.45, 7) is 6.91. The molecule has 4 heteroatoms. The smallest absolute Gasteiger partial charge is 0.0537 e. The van der Waals surface area contributed by atoms with Gasteiger partial charge in [0.2, 0.25) is 0 Å². The maximum atomic E-state index is 4.37. The van der Waals surface area contributed by atoms with Crippen LogP contribution in [0.4, 0.5) is 0 Å². The fourth-order valence-corrected chi connectivity index (χ4v) is 3.03. The van der Waals surface area contributed by atoms with Gasteiger partial charge >= 0.3 is 0 Å². The molecule has 0 aromatic carbocycles. The molecule has 1 aliphatic carbocycles. The zero-order chi connectivity index (χ0) is 13.2. The van der Waals surface area contributed by atoms with E-state index in [1.807, 2.05) is 17.9 Å². The first-order valence-corrected chi connectivity index (χ1v) is 7.65. The highest BCUT2D eigenvalue weighted by atomic mass is 15.3. The predicted octanol–water partition coefficient (Wildman–Crippen LogP) is 1.69. The monoisotopic (exact) mass is 262 g/mol. The van der Waals surface area contributed by atoms with E-state index in [1.54, 1.807) is 0 Å². The lowest BCUT2D eigenvalue weighted by molar-refractivity contribution is 0.231. The maximum absolute atomic E-state index is 4.37. The van der Waals surface area contributed by atoms with E-state index in [0.29, 0.717) is 6.04 Å². The van der Waals surface area contributed by atoms with E-state index < -0.39 is 0 Å². The zero-order valence-electron chi connectivity index (χ0n) is 12.2. The summed E-state index contributed by atoms with van der Waals surface area (Å²) < 4.78 is 1.98. The van der Waals surface area contributed by atoms with Gasteiger partial charge in [-0.1, -0.05) is 0 Å². The molecule has 19 heavy (non-hydrogen) atoms. The Balaban J connectivity index is 1.62. The second-order valence-electron chi connectivity index (χ2n) is 6.31. The van der Waals surface area contributed by atoms with Gasteiger partial charge < -0.3 is 5.32 Å². The molecule has 1 aromatic rings. The normalized spacial score (nSPS) is 23.4. The highest BCUT2D eigenvalue weighted by Gasteiger charge is 2.27. The Hall–Kier alpha value is -0.870. The standard InChI is InChI=1S/C15H26N4/c1-12-14(8-17-18(12)2)10-19(9-13-5-6-13)11-15-4-3-7-16-15/h8,13,15-16H,3-7,9-11H2,1-2H3. The number of hydrogen-bond donors (Lipinski definition) is 1. The van der Waals surface area contributed by atoms with Gasteiger partial charge in [0.05, 0.1) is 6.20 Å². The Bertz CT molecular complexity index is 416. The summed E-state index contributed by atoms with van der Waals surface area (Å²) in [6, 6.07) is 0.704. The minimum Gasteiger partial charge on any atom is -0.313 e. The summed E-state index contributed by atoms with van der Waals surface area (Å²) in [6.07, 6.45) is 7.58. The summed E-state index contributed by atoms with van der Waals surface area (Å²) >= 11 is 0. The molecule has 1 N–H and O–H groups in total. The minimum atomic E-state index is 0.704. The van der Waals surface area contributed by atoms with Gasteiger partial charge in [-0.3, -0.25) is 9.58 Å². The van der Waals surface area contributed by atoms with E-state index in [4.69, 9.17) is 0 Å². The van der Waals surface area contributed by atoms with Crippen molar-refractivity contribution in [1.29, 1.82) is 0 Å². The molecule has 1 aliphatic heterocycles. The Kier molecular flexibility index (Phi) is 3.89. The van der Waals surface area contributed by atoms with Crippen LogP contribution in [0.2, 0.25) is 0 Å². The molecule has 0 amide bonds. The molecule has 0 radical (unpaired) electrons. The fraction of sp³-hybridized carbons (Fsp3) is 0.800. The Labute approximate surface area is 116 Å². The lowest BCUT2D eigenvalue weighted by atomic mass is 10.1. The predicted molar refractivity (Wildman–Crippen MR) is 77.0 cm³/mol. The van der Waals surface area contributed by atoms with Gasteiger partial charge in [0.25, 0.3) is 0 Å². The summed E-state index contributed by atoms with van der Waals surface area (Å²) in [4.78, 5) is 2.64. The topological polar surface area (TPSA) is 33.1 Å². The molecular weight excluding hydrogens is 236 g/mol. The minimum absolute atomic E-state index is 0.704. The van der Waals surface area contributed by atoms with Crippen LogP contribution in [0.5, 0.6) is 0 Å². The van der Waals surface area contributed by atoms with Crippen LogP contribution in [-0.4, -0.2) is 40.4 Å². The lowest BCUT2D eigenvalue weighted by Crippen LogP contribution is -2.38. The van der Waals surface area contributed by atoms with E-state index in [1.165, 1.54) is 56.6 Å². The summed E-state index contributed by atoms with van der Waals surface area (Å²) in [5.41, 5.74) is 2.70. The first kappa shape index (κ1) is 13.1. The van der Waals surface area contributed by atoms with Gasteiger partial charge in [0, 0.05) is 44.0 Å². The molecule has 1 saturated carbocycles. The lowest BCUT2D eigenvalue weighted by Gasteiger charge is -2.25. The Morgan fingerprint density at radius 1 is 1.37 bits per heavy atom. The van der Waals surface area contributed by atoms with Crippen molar-refractivity contribution in [3.8, 4) is 0 Å². The van der Waals surface area contributed by atoms with Crippen LogP contribution in [0.15, 0.2) is 6.20 Å². The number of nitrogens with zero attached hydrogens (tertiary/aromatic N) is 3. The van der Waals surface area contributed by atoms with E-state index in [0.717, 1.165) is 12.5 Å². The third-order valence-electron chi connectivity index (χ3n) is 4.59. The van der Waals surface area contributed by atoms with E-state index in [9.17, 15) is 0 Å². The maximum Gasteiger partial charge on any atom is 0.0537 e. The molecule has 2 fully saturated rings. The molecule has 3 rings (SSSR count). The van der Waals surface area contributed by atoms with Crippen LogP contribution in [0.1, 0.15) is 36.9 Å². The van der Waals surface area contributed by atoms with Crippen LogP contribution in [0.3, 0.4) is 0 Å². The van der Waals surface area contributed by atoms with Gasteiger partial charge in [-0.05, 0) is 45.1 Å². The summed E-state index contributed by atoms with van der Waals surface area (Å²) in [7, 11) is 2.03. The average molecular weight is 262 g/mol. The SMILES string of the molecule is Cc1c(CN(CC2CC2)CC2CCCN2)cnn1C. The summed E-state index contributed by atoms with van der Waals surface area (Å²) in [5, 5.41) is 7.99. The van der Waals surface area contributed by atoms with Crippen LogP contribution in [0.25, 0.3) is 0 Å². The second kappa shape index (κ2) is 5.63. The highest BCUT2D eigenvalue weighted by Crippen LogP contribution is 2.30. The number of hydrogen-bond acceptors (Lipinski definition) is 3. The summed E-state index contributed by atoms with van der Waals surface area (Å²) in [5.74, 6) is 0.957. The van der Waals surface area contributed by atoms with Crippen LogP contribution >= 0.6 is 0 Å². The molecular formula is C15H26N4. The van der Waals surface area contributed by atoms with Crippen molar-refractivity contribution in [2.45, 2.75) is 45.2 Å². The Morgan fingerprint density at radius 3 is 2.79 bits per heavy atom. The largest absolute Gasteiger partial charge is 0.313 e.